The van der Waals surface area contributed by atoms with Crippen molar-refractivity contribution in [3.05, 3.63) is 130 Å². The maximum absolute atomic E-state index is 15.3. The number of aromatic carboxylic acids is 1. The van der Waals surface area contributed by atoms with Crippen molar-refractivity contribution in [3.63, 3.8) is 0 Å². The van der Waals surface area contributed by atoms with Gasteiger partial charge in [0, 0.05) is 34.8 Å². The largest absolute Gasteiger partial charge is 0.488 e. The van der Waals surface area contributed by atoms with Gasteiger partial charge in [0.15, 0.2) is 11.6 Å². The Morgan fingerprint density at radius 3 is 2.25 bits per heavy atom. The number of ether oxygens (including phenoxy) is 1. The minimum Gasteiger partial charge on any atom is -0.488 e. The molecule has 1 aromatic heterocycles. The van der Waals surface area contributed by atoms with Crippen LogP contribution in [0.25, 0.3) is 16.6 Å². The first-order valence-electron chi connectivity index (χ1n) is 13.6. The number of carbonyl (C=O) groups is 1. The van der Waals surface area contributed by atoms with Gasteiger partial charge in [-0.1, -0.05) is 49.4 Å². The van der Waals surface area contributed by atoms with Crippen LogP contribution in [0.15, 0.2) is 84.9 Å². The van der Waals surface area contributed by atoms with Gasteiger partial charge >= 0.3 is 5.97 Å². The second-order valence-electron chi connectivity index (χ2n) is 10.4. The third-order valence-corrected chi connectivity index (χ3v) is 7.68. The monoisotopic (exact) mass is 623 g/mol. The standard InChI is InChI=1S/C33H28F3NO6S/c1-20(18-43-44(2,40)41)32-26(14-21-8-10-23(11-9-21)33(38)39)31-29(37(32)25-12-13-27(35)28(36)17-25)15-24(34)16-30(31)42-19-22-6-4-3-5-7-22/h3-13,15-17,20H,14,18-19H2,1-2H3,(H,38,39). The summed E-state index contributed by atoms with van der Waals surface area (Å²) in [7, 11) is -3.85. The van der Waals surface area contributed by atoms with E-state index in [4.69, 9.17) is 8.92 Å². The van der Waals surface area contributed by atoms with Crippen LogP contribution in [0.2, 0.25) is 0 Å². The Morgan fingerprint density at radius 2 is 1.61 bits per heavy atom. The second-order valence-corrected chi connectivity index (χ2v) is 12.1. The van der Waals surface area contributed by atoms with E-state index in [0.29, 0.717) is 22.2 Å². The number of rotatable bonds is 11. The van der Waals surface area contributed by atoms with Gasteiger partial charge in [0.2, 0.25) is 0 Å². The first-order chi connectivity index (χ1) is 20.9. The Labute approximate surface area is 252 Å². The van der Waals surface area contributed by atoms with E-state index in [2.05, 4.69) is 0 Å². The number of carboxylic acid groups (broad SMARTS) is 1. The summed E-state index contributed by atoms with van der Waals surface area (Å²) in [4.78, 5) is 11.4. The number of aromatic nitrogens is 1. The van der Waals surface area contributed by atoms with Crippen molar-refractivity contribution in [3.8, 4) is 11.4 Å². The third-order valence-electron chi connectivity index (χ3n) is 7.12. The summed E-state index contributed by atoms with van der Waals surface area (Å²) in [5.74, 6) is -4.42. The van der Waals surface area contributed by atoms with Crippen molar-refractivity contribution < 1.29 is 40.4 Å². The fraction of sp³-hybridized carbons (Fsp3) is 0.182. The summed E-state index contributed by atoms with van der Waals surface area (Å²) in [6.07, 6.45) is 1.10. The molecule has 0 spiro atoms. The summed E-state index contributed by atoms with van der Waals surface area (Å²) in [5.41, 5.74) is 3.08. The van der Waals surface area contributed by atoms with Gasteiger partial charge in [-0.05, 0) is 53.4 Å². The van der Waals surface area contributed by atoms with Crippen LogP contribution in [0.3, 0.4) is 0 Å². The van der Waals surface area contributed by atoms with Gasteiger partial charge in [0.25, 0.3) is 10.1 Å². The number of hydrogen-bond acceptors (Lipinski definition) is 5. The molecule has 0 radical (unpaired) electrons. The smallest absolute Gasteiger partial charge is 0.335 e. The van der Waals surface area contributed by atoms with E-state index in [1.54, 1.807) is 23.6 Å². The van der Waals surface area contributed by atoms with E-state index < -0.39 is 39.5 Å². The number of hydrogen-bond donors (Lipinski definition) is 1. The highest BCUT2D eigenvalue weighted by Crippen LogP contribution is 2.41. The van der Waals surface area contributed by atoms with Crippen LogP contribution < -0.4 is 4.74 Å². The lowest BCUT2D eigenvalue weighted by atomic mass is 9.95. The summed E-state index contributed by atoms with van der Waals surface area (Å²) in [6.45, 7) is 1.50. The molecule has 4 aromatic carbocycles. The summed E-state index contributed by atoms with van der Waals surface area (Å²) in [5, 5.41) is 9.83. The van der Waals surface area contributed by atoms with Gasteiger partial charge < -0.3 is 14.4 Å². The molecule has 5 aromatic rings. The van der Waals surface area contributed by atoms with E-state index in [0.717, 1.165) is 24.0 Å². The van der Waals surface area contributed by atoms with Crippen molar-refractivity contribution in [2.45, 2.75) is 25.9 Å². The lowest BCUT2D eigenvalue weighted by molar-refractivity contribution is 0.0697. The molecule has 1 unspecified atom stereocenters. The molecule has 0 aliphatic rings. The van der Waals surface area contributed by atoms with Crippen LogP contribution in [0.1, 0.15) is 45.6 Å². The zero-order valence-electron chi connectivity index (χ0n) is 23.8. The lowest BCUT2D eigenvalue weighted by Crippen LogP contribution is -2.15. The minimum atomic E-state index is -3.85. The molecule has 0 saturated heterocycles. The highest BCUT2D eigenvalue weighted by Gasteiger charge is 2.27. The Kier molecular flexibility index (Phi) is 8.80. The highest BCUT2D eigenvalue weighted by molar-refractivity contribution is 7.85. The van der Waals surface area contributed by atoms with E-state index >= 15 is 4.39 Å². The lowest BCUT2D eigenvalue weighted by Gasteiger charge is -2.19. The highest BCUT2D eigenvalue weighted by atomic mass is 32.2. The minimum absolute atomic E-state index is 0.0852. The number of fused-ring (bicyclic) bond motifs is 1. The average Bonchev–Trinajstić information content (AvgIpc) is 3.30. The summed E-state index contributed by atoms with van der Waals surface area (Å²) >= 11 is 0. The molecule has 5 rings (SSSR count). The molecule has 1 heterocycles. The molecule has 11 heteroatoms. The van der Waals surface area contributed by atoms with Gasteiger partial charge in [0.1, 0.15) is 18.2 Å². The van der Waals surface area contributed by atoms with E-state index in [-0.39, 0.29) is 42.2 Å². The normalized spacial score (nSPS) is 12.4. The van der Waals surface area contributed by atoms with Crippen LogP contribution in [-0.4, -0.2) is 36.9 Å². The Morgan fingerprint density at radius 1 is 0.909 bits per heavy atom. The first kappa shape index (κ1) is 30.8. The predicted octanol–water partition coefficient (Wildman–Crippen LogP) is 7.00. The average molecular weight is 624 g/mol. The molecular weight excluding hydrogens is 595 g/mol. The van der Waals surface area contributed by atoms with Crippen molar-refractivity contribution >= 4 is 27.0 Å². The van der Waals surface area contributed by atoms with Gasteiger partial charge in [-0.15, -0.1) is 0 Å². The first-order valence-corrected chi connectivity index (χ1v) is 15.4. The van der Waals surface area contributed by atoms with Gasteiger partial charge in [-0.25, -0.2) is 18.0 Å². The van der Waals surface area contributed by atoms with Crippen LogP contribution in [0.4, 0.5) is 13.2 Å². The van der Waals surface area contributed by atoms with Gasteiger partial charge in [0.05, 0.1) is 23.9 Å². The molecule has 1 atom stereocenters. The van der Waals surface area contributed by atoms with Crippen LogP contribution >= 0.6 is 0 Å². The Bertz CT molecular complexity index is 1940. The summed E-state index contributed by atoms with van der Waals surface area (Å²) in [6, 6.07) is 21.2. The second kappa shape index (κ2) is 12.6. The van der Waals surface area contributed by atoms with Crippen molar-refractivity contribution in [2.24, 2.45) is 0 Å². The third kappa shape index (κ3) is 6.79. The number of nitrogens with zero attached hydrogens (tertiary/aromatic N) is 1. The Hall–Kier alpha value is -4.61. The maximum atomic E-state index is 15.3. The fourth-order valence-corrected chi connectivity index (χ4v) is 5.61. The van der Waals surface area contributed by atoms with Crippen LogP contribution in [-0.2, 0) is 27.3 Å². The van der Waals surface area contributed by atoms with Crippen molar-refractivity contribution in [1.29, 1.82) is 0 Å². The molecule has 1 N–H and O–H groups in total. The van der Waals surface area contributed by atoms with E-state index in [1.165, 1.54) is 30.3 Å². The number of benzene rings is 4. The number of halogens is 3. The molecule has 0 fully saturated rings. The predicted molar refractivity (Wildman–Crippen MR) is 159 cm³/mol. The quantitative estimate of drug-likeness (QED) is 0.159. The molecule has 0 amide bonds. The molecule has 7 nitrogen and oxygen atoms in total. The fourth-order valence-electron chi connectivity index (χ4n) is 5.16. The van der Waals surface area contributed by atoms with Gasteiger partial charge in [-0.2, -0.15) is 8.42 Å². The van der Waals surface area contributed by atoms with E-state index in [9.17, 15) is 27.1 Å². The zero-order valence-corrected chi connectivity index (χ0v) is 24.6. The van der Waals surface area contributed by atoms with Gasteiger partial charge in [-0.3, -0.25) is 4.18 Å². The van der Waals surface area contributed by atoms with Crippen molar-refractivity contribution in [2.75, 3.05) is 12.9 Å². The zero-order chi connectivity index (χ0) is 31.6. The van der Waals surface area contributed by atoms with Crippen LogP contribution in [0.5, 0.6) is 5.75 Å². The topological polar surface area (TPSA) is 94.8 Å². The van der Waals surface area contributed by atoms with Crippen LogP contribution in [0, 0.1) is 17.5 Å². The van der Waals surface area contributed by atoms with E-state index in [1.807, 2.05) is 30.3 Å². The Balaban J connectivity index is 1.78. The number of carboxylic acids is 1. The molecular formula is C33H28F3NO6S. The maximum Gasteiger partial charge on any atom is 0.335 e. The summed E-state index contributed by atoms with van der Waals surface area (Å²) < 4.78 is 80.6. The SMILES string of the molecule is CC(COS(C)(=O)=O)c1c(Cc2ccc(C(=O)O)cc2)c2c(OCc3ccccc3)cc(F)cc2n1-c1ccc(F)c(F)c1. The molecule has 228 valence electrons. The molecule has 0 bridgehead atoms. The molecule has 0 aliphatic heterocycles. The molecule has 44 heavy (non-hydrogen) atoms. The van der Waals surface area contributed by atoms with Crippen molar-refractivity contribution in [1.82, 2.24) is 4.57 Å². The molecule has 0 aliphatic carbocycles. The molecule has 0 saturated carbocycles.